The minimum absolute atomic E-state index is 0.252. The number of H-pyrrole nitrogens is 1. The zero-order valence-corrected chi connectivity index (χ0v) is 18.5. The predicted octanol–water partition coefficient (Wildman–Crippen LogP) is 3.27. The number of ether oxygens (including phenoxy) is 1. The van der Waals surface area contributed by atoms with Crippen LogP contribution in [0.5, 0.6) is 0 Å². The molecule has 0 atom stereocenters. The van der Waals surface area contributed by atoms with Crippen molar-refractivity contribution in [3.05, 3.63) is 82.0 Å². The fraction of sp³-hybridized carbons (Fsp3) is 0.250. The van der Waals surface area contributed by atoms with Gasteiger partial charge >= 0.3 is 5.97 Å². The second-order valence-corrected chi connectivity index (χ2v) is 7.57. The average Bonchev–Trinajstić information content (AvgIpc) is 3.39. The first-order chi connectivity index (χ1) is 16.1. The van der Waals surface area contributed by atoms with E-state index in [1.54, 1.807) is 16.8 Å². The molecule has 33 heavy (non-hydrogen) atoms. The van der Waals surface area contributed by atoms with Crippen molar-refractivity contribution in [1.29, 1.82) is 0 Å². The average molecular weight is 444 g/mol. The zero-order valence-electron chi connectivity index (χ0n) is 18.5. The summed E-state index contributed by atoms with van der Waals surface area (Å²) in [6.45, 7) is 2.39. The molecule has 1 aromatic carbocycles. The van der Waals surface area contributed by atoms with Crippen LogP contribution in [0.3, 0.4) is 0 Å². The summed E-state index contributed by atoms with van der Waals surface area (Å²) in [6, 6.07) is 14.7. The first-order valence-corrected chi connectivity index (χ1v) is 10.7. The number of methoxy groups -OCH3 is 1. The van der Waals surface area contributed by atoms with Crippen molar-refractivity contribution < 1.29 is 9.53 Å². The summed E-state index contributed by atoms with van der Waals surface area (Å²) < 4.78 is 6.45. The number of aromatic amines is 1. The highest BCUT2D eigenvalue weighted by atomic mass is 16.5. The van der Waals surface area contributed by atoms with Gasteiger partial charge in [0.05, 0.1) is 24.9 Å². The van der Waals surface area contributed by atoms with Crippen LogP contribution in [0.4, 0.5) is 0 Å². The number of aromatic nitrogens is 6. The molecular weight excluding hydrogens is 420 g/mol. The second-order valence-electron chi connectivity index (χ2n) is 7.57. The summed E-state index contributed by atoms with van der Waals surface area (Å²) in [5.74, 6) is -0.00719. The minimum atomic E-state index is -0.514. The van der Waals surface area contributed by atoms with Crippen molar-refractivity contribution in [2.45, 2.75) is 32.7 Å². The Balaban J connectivity index is 1.64. The number of pyridine rings is 2. The molecule has 0 fully saturated rings. The van der Waals surface area contributed by atoms with E-state index in [1.807, 2.05) is 36.4 Å². The Morgan fingerprint density at radius 3 is 2.61 bits per heavy atom. The lowest BCUT2D eigenvalue weighted by atomic mass is 10.0. The van der Waals surface area contributed by atoms with Gasteiger partial charge < -0.3 is 9.30 Å². The number of tetrazole rings is 1. The Hall–Kier alpha value is -4.14. The Bertz CT molecular complexity index is 1300. The topological polar surface area (TPSA) is 116 Å². The fourth-order valence-corrected chi connectivity index (χ4v) is 3.68. The number of carbonyl (C=O) groups excluding carboxylic acids is 1. The van der Waals surface area contributed by atoms with Crippen molar-refractivity contribution in [2.24, 2.45) is 0 Å². The van der Waals surface area contributed by atoms with E-state index in [0.717, 1.165) is 40.9 Å². The number of hydrogen-bond donors (Lipinski definition) is 1. The van der Waals surface area contributed by atoms with Gasteiger partial charge in [-0.2, -0.15) is 5.21 Å². The van der Waals surface area contributed by atoms with Crippen LogP contribution in [0.25, 0.3) is 22.5 Å². The maximum atomic E-state index is 12.8. The minimum Gasteiger partial charge on any atom is -0.465 e. The number of nitrogens with zero attached hydrogens (tertiary/aromatic N) is 5. The normalized spacial score (nSPS) is 10.8. The Labute approximate surface area is 190 Å². The second kappa shape index (κ2) is 9.99. The van der Waals surface area contributed by atoms with Gasteiger partial charge in [-0.3, -0.25) is 9.78 Å². The summed E-state index contributed by atoms with van der Waals surface area (Å²) >= 11 is 0. The molecule has 0 saturated carbocycles. The van der Waals surface area contributed by atoms with E-state index in [2.05, 4.69) is 32.5 Å². The molecule has 4 aromatic rings. The van der Waals surface area contributed by atoms with Crippen LogP contribution in [0.2, 0.25) is 0 Å². The summed E-state index contributed by atoms with van der Waals surface area (Å²) in [7, 11) is 1.31. The molecule has 168 valence electrons. The van der Waals surface area contributed by atoms with Gasteiger partial charge in [-0.1, -0.05) is 43.7 Å². The molecule has 9 heteroatoms. The molecule has 0 spiro atoms. The zero-order chi connectivity index (χ0) is 23.2. The van der Waals surface area contributed by atoms with E-state index < -0.39 is 5.97 Å². The first kappa shape index (κ1) is 22.1. The molecule has 1 N–H and O–H groups in total. The monoisotopic (exact) mass is 444 g/mol. The molecule has 9 nitrogen and oxygen atoms in total. The highest BCUT2D eigenvalue weighted by Crippen LogP contribution is 2.29. The van der Waals surface area contributed by atoms with Gasteiger partial charge in [0, 0.05) is 29.1 Å². The molecule has 0 aliphatic heterocycles. The van der Waals surface area contributed by atoms with Gasteiger partial charge in [-0.05, 0) is 35.8 Å². The number of rotatable bonds is 8. The molecule has 4 rings (SSSR count). The number of unbranched alkanes of at least 4 members (excludes halogenated alkanes) is 1. The maximum Gasteiger partial charge on any atom is 0.338 e. The SMILES string of the molecule is CCCCc1cc(C(=O)OC)cc(=O)n1Cc1ccc(-c2ccccc2-c2nn[nH]n2)cn1. The summed E-state index contributed by atoms with van der Waals surface area (Å²) in [5, 5.41) is 14.3. The van der Waals surface area contributed by atoms with Crippen molar-refractivity contribution >= 4 is 5.97 Å². The van der Waals surface area contributed by atoms with Crippen LogP contribution >= 0.6 is 0 Å². The Morgan fingerprint density at radius 2 is 1.94 bits per heavy atom. The largest absolute Gasteiger partial charge is 0.465 e. The molecule has 0 unspecified atom stereocenters. The van der Waals surface area contributed by atoms with Gasteiger partial charge in [0.2, 0.25) is 5.82 Å². The number of benzene rings is 1. The van der Waals surface area contributed by atoms with Crippen LogP contribution in [0.1, 0.15) is 41.5 Å². The quantitative estimate of drug-likeness (QED) is 0.415. The van der Waals surface area contributed by atoms with Crippen molar-refractivity contribution in [1.82, 2.24) is 30.2 Å². The maximum absolute atomic E-state index is 12.8. The molecule has 0 bridgehead atoms. The van der Waals surface area contributed by atoms with Crippen LogP contribution in [0.15, 0.2) is 59.5 Å². The summed E-state index contributed by atoms with van der Waals surface area (Å²) in [5.41, 5.74) is 4.22. The van der Waals surface area contributed by atoms with Gasteiger partial charge in [0.1, 0.15) is 0 Å². The Morgan fingerprint density at radius 1 is 1.12 bits per heavy atom. The van der Waals surface area contributed by atoms with Gasteiger partial charge in [0.25, 0.3) is 5.56 Å². The van der Waals surface area contributed by atoms with Crippen molar-refractivity contribution in [3.63, 3.8) is 0 Å². The van der Waals surface area contributed by atoms with E-state index >= 15 is 0 Å². The highest BCUT2D eigenvalue weighted by molar-refractivity contribution is 5.89. The first-order valence-electron chi connectivity index (χ1n) is 10.7. The van der Waals surface area contributed by atoms with E-state index in [4.69, 9.17) is 4.74 Å². The van der Waals surface area contributed by atoms with Crippen LogP contribution in [-0.2, 0) is 17.7 Å². The molecular formula is C24H24N6O3. The lowest BCUT2D eigenvalue weighted by molar-refractivity contribution is 0.0600. The standard InChI is InChI=1S/C24H24N6O3/c1-3-4-7-19-12-17(24(32)33-2)13-22(31)30(19)15-18-11-10-16(14-25-18)20-8-5-6-9-21(20)23-26-28-29-27-23/h5-6,8-14H,3-4,7,15H2,1-2H3,(H,26,27,28,29). The van der Waals surface area contributed by atoms with E-state index in [-0.39, 0.29) is 11.1 Å². The summed E-state index contributed by atoms with van der Waals surface area (Å²) in [4.78, 5) is 29.4. The fourth-order valence-electron chi connectivity index (χ4n) is 3.68. The van der Waals surface area contributed by atoms with E-state index in [0.29, 0.717) is 18.8 Å². The lowest BCUT2D eigenvalue weighted by Gasteiger charge is -2.14. The number of esters is 1. The third-order valence-electron chi connectivity index (χ3n) is 5.39. The van der Waals surface area contributed by atoms with Crippen molar-refractivity contribution in [2.75, 3.05) is 7.11 Å². The molecule has 3 aromatic heterocycles. The molecule has 0 aliphatic rings. The number of hydrogen-bond acceptors (Lipinski definition) is 7. The number of nitrogens with one attached hydrogen (secondary N) is 1. The smallest absolute Gasteiger partial charge is 0.338 e. The molecule has 0 aliphatic carbocycles. The van der Waals surface area contributed by atoms with Crippen LogP contribution in [0, 0.1) is 0 Å². The number of carbonyl (C=O) groups is 1. The lowest BCUT2D eigenvalue weighted by Crippen LogP contribution is -2.26. The van der Waals surface area contributed by atoms with Crippen LogP contribution < -0.4 is 5.56 Å². The molecule has 3 heterocycles. The van der Waals surface area contributed by atoms with Gasteiger partial charge in [0.15, 0.2) is 0 Å². The van der Waals surface area contributed by atoms with Crippen LogP contribution in [-0.4, -0.2) is 43.3 Å². The van der Waals surface area contributed by atoms with Gasteiger partial charge in [-0.15, -0.1) is 10.2 Å². The third kappa shape index (κ3) is 4.87. The van der Waals surface area contributed by atoms with E-state index in [1.165, 1.54) is 13.2 Å². The number of aryl methyl sites for hydroxylation is 1. The van der Waals surface area contributed by atoms with E-state index in [9.17, 15) is 9.59 Å². The molecule has 0 radical (unpaired) electrons. The molecule has 0 saturated heterocycles. The van der Waals surface area contributed by atoms with Gasteiger partial charge in [-0.25, -0.2) is 4.79 Å². The third-order valence-corrected chi connectivity index (χ3v) is 5.39. The summed E-state index contributed by atoms with van der Waals surface area (Å²) in [6.07, 6.45) is 4.34. The Kier molecular flexibility index (Phi) is 6.68. The van der Waals surface area contributed by atoms with Crippen molar-refractivity contribution in [3.8, 4) is 22.5 Å². The molecule has 0 amide bonds. The highest BCUT2D eigenvalue weighted by Gasteiger charge is 2.14. The predicted molar refractivity (Wildman–Crippen MR) is 123 cm³/mol.